The molecule has 1 rings (SSSR count). The van der Waals surface area contributed by atoms with Crippen molar-refractivity contribution in [2.24, 2.45) is 0 Å². The molecule has 0 aliphatic rings. The smallest absolute Gasteiger partial charge is 0.329 e. The van der Waals surface area contributed by atoms with Crippen molar-refractivity contribution in [2.75, 3.05) is 0 Å². The second kappa shape index (κ2) is 6.19. The highest BCUT2D eigenvalue weighted by atomic mass is 32.1. The normalized spacial score (nSPS) is 11.4. The van der Waals surface area contributed by atoms with E-state index in [9.17, 15) is 14.7 Å². The van der Waals surface area contributed by atoms with Crippen molar-refractivity contribution in [3.05, 3.63) is 21.4 Å². The van der Waals surface area contributed by atoms with Crippen LogP contribution in [-0.2, 0) is 11.2 Å². The molecule has 1 aromatic heterocycles. The minimum atomic E-state index is -1.17. The maximum Gasteiger partial charge on any atom is 0.329 e. The topological polar surface area (TPSA) is 66.4 Å². The van der Waals surface area contributed by atoms with Gasteiger partial charge >= 0.3 is 5.97 Å². The lowest BCUT2D eigenvalue weighted by Gasteiger charge is -2.27. The summed E-state index contributed by atoms with van der Waals surface area (Å²) in [7, 11) is 0. The molecular weight excluding hydrogens is 262 g/mol. The summed E-state index contributed by atoms with van der Waals surface area (Å²) in [5.41, 5.74) is -0.0227. The number of carboxylic acid groups (broad SMARTS) is 1. The van der Waals surface area contributed by atoms with Crippen molar-refractivity contribution in [3.8, 4) is 0 Å². The van der Waals surface area contributed by atoms with Gasteiger partial charge in [0.15, 0.2) is 0 Å². The van der Waals surface area contributed by atoms with Crippen LogP contribution in [0.1, 0.15) is 53.7 Å². The lowest BCUT2D eigenvalue weighted by atomic mass is 9.93. The van der Waals surface area contributed by atoms with Crippen LogP contribution >= 0.6 is 11.3 Å². The summed E-state index contributed by atoms with van der Waals surface area (Å²) >= 11 is 1.42. The van der Waals surface area contributed by atoms with Gasteiger partial charge < -0.3 is 10.4 Å². The number of hydrogen-bond donors (Lipinski definition) is 2. The highest BCUT2D eigenvalue weighted by Gasteiger charge is 2.36. The predicted molar refractivity (Wildman–Crippen MR) is 76.8 cm³/mol. The van der Waals surface area contributed by atoms with E-state index in [1.807, 2.05) is 19.9 Å². The van der Waals surface area contributed by atoms with E-state index in [4.69, 9.17) is 0 Å². The van der Waals surface area contributed by atoms with E-state index in [-0.39, 0.29) is 5.91 Å². The van der Waals surface area contributed by atoms with E-state index in [1.54, 1.807) is 13.8 Å². The number of hydrogen-bond acceptors (Lipinski definition) is 3. The molecule has 0 saturated carbocycles. The first-order valence-electron chi connectivity index (χ1n) is 6.55. The largest absolute Gasteiger partial charge is 0.480 e. The van der Waals surface area contributed by atoms with Gasteiger partial charge in [0, 0.05) is 4.88 Å². The lowest BCUT2D eigenvalue weighted by Crippen LogP contribution is -2.53. The van der Waals surface area contributed by atoms with Crippen LogP contribution in [0.2, 0.25) is 0 Å². The molecule has 0 unspecified atom stereocenters. The van der Waals surface area contributed by atoms with Gasteiger partial charge in [0.05, 0.1) is 4.88 Å². The molecule has 1 heterocycles. The number of carboxylic acids is 1. The minimum Gasteiger partial charge on any atom is -0.480 e. The predicted octanol–water partition coefficient (Wildman–Crippen LogP) is 2.99. The molecule has 0 fully saturated rings. The fourth-order valence-corrected chi connectivity index (χ4v) is 3.05. The molecule has 106 valence electrons. The van der Waals surface area contributed by atoms with Crippen LogP contribution in [0.5, 0.6) is 0 Å². The van der Waals surface area contributed by atoms with Crippen molar-refractivity contribution in [3.63, 3.8) is 0 Å². The fraction of sp³-hybridized carbons (Fsp3) is 0.571. The van der Waals surface area contributed by atoms with Crippen molar-refractivity contribution < 1.29 is 14.7 Å². The Morgan fingerprint density at radius 2 is 1.89 bits per heavy atom. The summed E-state index contributed by atoms with van der Waals surface area (Å²) in [6, 6.07) is 1.85. The van der Waals surface area contributed by atoms with Crippen LogP contribution in [-0.4, -0.2) is 22.5 Å². The highest BCUT2D eigenvalue weighted by Crippen LogP contribution is 2.24. The van der Waals surface area contributed by atoms with Crippen LogP contribution in [0.3, 0.4) is 0 Å². The maximum atomic E-state index is 12.2. The third-order valence-corrected chi connectivity index (χ3v) is 4.69. The average Bonchev–Trinajstić information content (AvgIpc) is 2.76. The first-order valence-corrected chi connectivity index (χ1v) is 7.37. The number of carbonyl (C=O) groups is 2. The summed E-state index contributed by atoms with van der Waals surface area (Å²) in [4.78, 5) is 25.3. The first-order chi connectivity index (χ1) is 8.90. The second-order valence-corrected chi connectivity index (χ2v) is 5.85. The molecule has 0 atom stereocenters. The van der Waals surface area contributed by atoms with Crippen LogP contribution in [0.4, 0.5) is 0 Å². The van der Waals surface area contributed by atoms with E-state index in [0.29, 0.717) is 17.7 Å². The standard InChI is InChI=1S/C14H21NO3S/c1-5-10-8-11(19-9(10)4)12(16)15-14(6-2,7-3)13(17)18/h8H,5-7H2,1-4H3,(H,15,16)(H,17,18). The van der Waals surface area contributed by atoms with E-state index >= 15 is 0 Å². The van der Waals surface area contributed by atoms with Crippen LogP contribution in [0.25, 0.3) is 0 Å². The summed E-state index contributed by atoms with van der Waals surface area (Å²) in [6.07, 6.45) is 1.62. The monoisotopic (exact) mass is 283 g/mol. The molecule has 4 nitrogen and oxygen atoms in total. The van der Waals surface area contributed by atoms with Crippen molar-refractivity contribution in [2.45, 2.75) is 52.5 Å². The zero-order valence-corrected chi connectivity index (χ0v) is 12.7. The van der Waals surface area contributed by atoms with Crippen LogP contribution in [0.15, 0.2) is 6.07 Å². The quantitative estimate of drug-likeness (QED) is 0.843. The van der Waals surface area contributed by atoms with Crippen molar-refractivity contribution in [1.82, 2.24) is 5.32 Å². The third kappa shape index (κ3) is 3.15. The number of aryl methyl sites for hydroxylation is 2. The Balaban J connectivity index is 2.97. The average molecular weight is 283 g/mol. The van der Waals surface area contributed by atoms with Gasteiger partial charge in [0.1, 0.15) is 5.54 Å². The fourth-order valence-electron chi connectivity index (χ4n) is 2.04. The Morgan fingerprint density at radius 1 is 1.32 bits per heavy atom. The molecule has 1 amide bonds. The summed E-state index contributed by atoms with van der Waals surface area (Å²) in [5, 5.41) is 12.0. The molecule has 0 aliphatic heterocycles. The second-order valence-electron chi connectivity index (χ2n) is 4.59. The molecule has 0 bridgehead atoms. The molecule has 19 heavy (non-hydrogen) atoms. The number of thiophene rings is 1. The van der Waals surface area contributed by atoms with E-state index < -0.39 is 11.5 Å². The van der Waals surface area contributed by atoms with Gasteiger partial charge in [-0.15, -0.1) is 11.3 Å². The summed E-state index contributed by atoms with van der Waals surface area (Å²) in [5.74, 6) is -1.27. The Kier molecular flexibility index (Phi) is 5.11. The lowest BCUT2D eigenvalue weighted by molar-refractivity contribution is -0.144. The van der Waals surface area contributed by atoms with Gasteiger partial charge in [-0.25, -0.2) is 4.79 Å². The highest BCUT2D eigenvalue weighted by molar-refractivity contribution is 7.14. The summed E-state index contributed by atoms with van der Waals surface area (Å²) < 4.78 is 0. The molecule has 2 N–H and O–H groups in total. The zero-order valence-electron chi connectivity index (χ0n) is 11.9. The van der Waals surface area contributed by atoms with Crippen LogP contribution in [0, 0.1) is 6.92 Å². The van der Waals surface area contributed by atoms with E-state index in [1.165, 1.54) is 11.3 Å². The summed E-state index contributed by atoms with van der Waals surface area (Å²) in [6.45, 7) is 7.56. The van der Waals surface area contributed by atoms with Gasteiger partial charge in [0.2, 0.25) is 0 Å². The SMILES string of the molecule is CCc1cc(C(=O)NC(CC)(CC)C(=O)O)sc1C. The molecule has 0 radical (unpaired) electrons. The Hall–Kier alpha value is -1.36. The molecule has 0 aliphatic carbocycles. The number of aliphatic carboxylic acids is 1. The maximum absolute atomic E-state index is 12.2. The molecule has 0 spiro atoms. The Bertz CT molecular complexity index is 475. The van der Waals surface area contributed by atoms with Gasteiger partial charge in [-0.3, -0.25) is 4.79 Å². The number of carbonyl (C=O) groups excluding carboxylic acids is 1. The Labute approximate surface area is 117 Å². The molecule has 0 saturated heterocycles. The third-order valence-electron chi connectivity index (χ3n) is 3.59. The van der Waals surface area contributed by atoms with Crippen molar-refractivity contribution >= 4 is 23.2 Å². The number of rotatable bonds is 6. The Morgan fingerprint density at radius 3 is 2.26 bits per heavy atom. The van der Waals surface area contributed by atoms with Gasteiger partial charge in [0.25, 0.3) is 5.91 Å². The zero-order chi connectivity index (χ0) is 14.6. The minimum absolute atomic E-state index is 0.293. The molecular formula is C14H21NO3S. The number of nitrogens with one attached hydrogen (secondary N) is 1. The van der Waals surface area contributed by atoms with Crippen molar-refractivity contribution in [1.29, 1.82) is 0 Å². The van der Waals surface area contributed by atoms with Gasteiger partial charge in [-0.1, -0.05) is 20.8 Å². The first kappa shape index (κ1) is 15.7. The molecule has 5 heteroatoms. The van der Waals surface area contributed by atoms with E-state index in [0.717, 1.165) is 16.9 Å². The van der Waals surface area contributed by atoms with Gasteiger partial charge in [-0.2, -0.15) is 0 Å². The molecule has 0 aromatic carbocycles. The van der Waals surface area contributed by atoms with Crippen LogP contribution < -0.4 is 5.32 Å². The van der Waals surface area contributed by atoms with E-state index in [2.05, 4.69) is 5.32 Å². The molecule has 1 aromatic rings. The number of amides is 1. The van der Waals surface area contributed by atoms with Gasteiger partial charge in [-0.05, 0) is 37.8 Å².